The molecule has 0 spiro atoms. The molecule has 1 heterocycles. The first-order valence-corrected chi connectivity index (χ1v) is 6.87. The fourth-order valence-corrected chi connectivity index (χ4v) is 3.13. The van der Waals surface area contributed by atoms with Crippen molar-refractivity contribution in [2.75, 3.05) is 26.7 Å². The zero-order valence-electron chi connectivity index (χ0n) is 10.8. The topological polar surface area (TPSA) is 15.3 Å². The van der Waals surface area contributed by atoms with Crippen LogP contribution in [0.3, 0.4) is 0 Å². The van der Waals surface area contributed by atoms with Gasteiger partial charge in [0, 0.05) is 19.1 Å². The van der Waals surface area contributed by atoms with Crippen molar-refractivity contribution in [1.29, 1.82) is 0 Å². The summed E-state index contributed by atoms with van der Waals surface area (Å²) in [5.41, 5.74) is 1.71. The molecule has 1 N–H and O–H groups in total. The lowest BCUT2D eigenvalue weighted by Gasteiger charge is -2.36. The quantitative estimate of drug-likeness (QED) is 0.735. The summed E-state index contributed by atoms with van der Waals surface area (Å²) in [5, 5.41) is 3.43. The minimum Gasteiger partial charge on any atom is -0.317 e. The number of likely N-dealkylation sites (tertiary alicyclic amines) is 1. The number of nitrogens with one attached hydrogen (secondary N) is 1. The highest BCUT2D eigenvalue weighted by atomic mass is 15.1. The molecule has 0 bridgehead atoms. The first-order valence-electron chi connectivity index (χ1n) is 6.87. The molecular formula is C14H26N2. The van der Waals surface area contributed by atoms with Crippen molar-refractivity contribution in [3.63, 3.8) is 0 Å². The molecule has 0 aromatic carbocycles. The maximum absolute atomic E-state index is 3.43. The molecule has 2 rings (SSSR count). The zero-order valence-corrected chi connectivity index (χ0v) is 10.8. The van der Waals surface area contributed by atoms with E-state index in [1.54, 1.807) is 5.57 Å². The van der Waals surface area contributed by atoms with Crippen LogP contribution in [0.4, 0.5) is 0 Å². The Bertz CT molecular complexity index is 247. The van der Waals surface area contributed by atoms with E-state index >= 15 is 0 Å². The van der Waals surface area contributed by atoms with Crippen LogP contribution in [-0.2, 0) is 0 Å². The summed E-state index contributed by atoms with van der Waals surface area (Å²) in [6.45, 7) is 6.22. The van der Waals surface area contributed by atoms with Crippen molar-refractivity contribution in [1.82, 2.24) is 10.2 Å². The minimum atomic E-state index is 0.738. The second kappa shape index (κ2) is 5.83. The van der Waals surface area contributed by atoms with Gasteiger partial charge in [0.25, 0.3) is 0 Å². The average Bonchev–Trinajstić information content (AvgIpc) is 2.79. The summed E-state index contributed by atoms with van der Waals surface area (Å²) in [6.07, 6.45) is 9.18. The summed E-state index contributed by atoms with van der Waals surface area (Å²) in [6, 6.07) is 0.738. The largest absolute Gasteiger partial charge is 0.317 e. The molecule has 2 nitrogen and oxygen atoms in total. The van der Waals surface area contributed by atoms with Crippen molar-refractivity contribution in [3.05, 3.63) is 11.6 Å². The van der Waals surface area contributed by atoms with Crippen LogP contribution in [0.15, 0.2) is 11.6 Å². The number of hydrogen-bond acceptors (Lipinski definition) is 2. The summed E-state index contributed by atoms with van der Waals surface area (Å²) in [5.74, 6) is 0.802. The normalized spacial score (nSPS) is 31.8. The van der Waals surface area contributed by atoms with Crippen LogP contribution in [0.5, 0.6) is 0 Å². The number of rotatable bonds is 4. The second-order valence-electron chi connectivity index (χ2n) is 5.47. The van der Waals surface area contributed by atoms with E-state index in [0.29, 0.717) is 0 Å². The molecule has 2 unspecified atom stereocenters. The molecule has 2 aliphatic rings. The van der Waals surface area contributed by atoms with Gasteiger partial charge in [0.2, 0.25) is 0 Å². The van der Waals surface area contributed by atoms with E-state index in [1.807, 2.05) is 0 Å². The Morgan fingerprint density at radius 3 is 3.00 bits per heavy atom. The van der Waals surface area contributed by atoms with Crippen molar-refractivity contribution in [3.8, 4) is 0 Å². The van der Waals surface area contributed by atoms with Crippen molar-refractivity contribution < 1.29 is 0 Å². The average molecular weight is 222 g/mol. The molecule has 92 valence electrons. The third-order valence-corrected chi connectivity index (χ3v) is 4.24. The maximum Gasteiger partial charge on any atom is 0.0114 e. The second-order valence-corrected chi connectivity index (χ2v) is 5.47. The Balaban J connectivity index is 1.71. The van der Waals surface area contributed by atoms with Gasteiger partial charge in [0.1, 0.15) is 0 Å². The molecule has 0 amide bonds. The third-order valence-electron chi connectivity index (χ3n) is 4.24. The van der Waals surface area contributed by atoms with Gasteiger partial charge in [-0.25, -0.2) is 0 Å². The predicted octanol–water partition coefficient (Wildman–Crippen LogP) is 2.42. The maximum atomic E-state index is 3.43. The molecule has 0 saturated carbocycles. The molecule has 1 fully saturated rings. The first-order chi connectivity index (χ1) is 7.79. The van der Waals surface area contributed by atoms with Crippen LogP contribution >= 0.6 is 0 Å². The molecule has 16 heavy (non-hydrogen) atoms. The molecule has 0 aromatic rings. The van der Waals surface area contributed by atoms with E-state index in [0.717, 1.165) is 12.0 Å². The summed E-state index contributed by atoms with van der Waals surface area (Å²) in [4.78, 5) is 2.65. The van der Waals surface area contributed by atoms with Crippen molar-refractivity contribution in [2.45, 2.75) is 45.1 Å². The Morgan fingerprint density at radius 2 is 2.38 bits per heavy atom. The molecule has 0 aromatic heterocycles. The smallest absolute Gasteiger partial charge is 0.0114 e. The molecular weight excluding hydrogens is 196 g/mol. The van der Waals surface area contributed by atoms with Crippen LogP contribution < -0.4 is 5.32 Å². The number of allylic oxidation sites excluding steroid dienone is 1. The summed E-state index contributed by atoms with van der Waals surface area (Å²) in [7, 11) is 2.10. The molecule has 2 atom stereocenters. The first kappa shape index (κ1) is 12.1. The lowest BCUT2D eigenvalue weighted by Crippen LogP contribution is -2.47. The van der Waals surface area contributed by atoms with Gasteiger partial charge >= 0.3 is 0 Å². The highest BCUT2D eigenvalue weighted by Gasteiger charge is 2.24. The van der Waals surface area contributed by atoms with Gasteiger partial charge in [-0.05, 0) is 51.6 Å². The summed E-state index contributed by atoms with van der Waals surface area (Å²) >= 11 is 0. The number of piperidine rings is 1. The molecule has 1 saturated heterocycles. The SMILES string of the molecule is CNC1CCN(CCC2=CCCC2)CC1C. The lowest BCUT2D eigenvalue weighted by atomic mass is 9.94. The standard InChI is InChI=1S/C14H26N2/c1-12-11-16(10-8-14(12)15-2)9-7-13-5-3-4-6-13/h5,12,14-15H,3-4,6-11H2,1-2H3. The van der Waals surface area contributed by atoms with Crippen molar-refractivity contribution in [2.24, 2.45) is 5.92 Å². The van der Waals surface area contributed by atoms with Crippen LogP contribution in [0, 0.1) is 5.92 Å². The predicted molar refractivity (Wildman–Crippen MR) is 69.6 cm³/mol. The van der Waals surface area contributed by atoms with Gasteiger partial charge in [-0.2, -0.15) is 0 Å². The highest BCUT2D eigenvalue weighted by molar-refractivity contribution is 5.07. The van der Waals surface area contributed by atoms with E-state index in [1.165, 1.54) is 51.7 Å². The fourth-order valence-electron chi connectivity index (χ4n) is 3.13. The van der Waals surface area contributed by atoms with E-state index in [2.05, 4.69) is 30.3 Å². The molecule has 1 aliphatic carbocycles. The van der Waals surface area contributed by atoms with Crippen molar-refractivity contribution >= 4 is 0 Å². The van der Waals surface area contributed by atoms with Gasteiger partial charge < -0.3 is 10.2 Å². The number of hydrogen-bond donors (Lipinski definition) is 1. The minimum absolute atomic E-state index is 0.738. The van der Waals surface area contributed by atoms with Crippen LogP contribution in [-0.4, -0.2) is 37.6 Å². The van der Waals surface area contributed by atoms with Crippen LogP contribution in [0.2, 0.25) is 0 Å². The third kappa shape index (κ3) is 3.08. The van der Waals surface area contributed by atoms with Gasteiger partial charge in [-0.1, -0.05) is 18.6 Å². The Morgan fingerprint density at radius 1 is 1.50 bits per heavy atom. The Kier molecular flexibility index (Phi) is 4.42. The Labute approximate surface area is 100 Å². The Hall–Kier alpha value is -0.340. The van der Waals surface area contributed by atoms with E-state index in [4.69, 9.17) is 0 Å². The van der Waals surface area contributed by atoms with Crippen LogP contribution in [0.1, 0.15) is 39.0 Å². The zero-order chi connectivity index (χ0) is 11.4. The van der Waals surface area contributed by atoms with Gasteiger partial charge in [0.15, 0.2) is 0 Å². The monoisotopic (exact) mass is 222 g/mol. The van der Waals surface area contributed by atoms with E-state index in [-0.39, 0.29) is 0 Å². The molecule has 1 aliphatic heterocycles. The van der Waals surface area contributed by atoms with Gasteiger partial charge in [0.05, 0.1) is 0 Å². The molecule has 0 radical (unpaired) electrons. The highest BCUT2D eigenvalue weighted by Crippen LogP contribution is 2.22. The number of nitrogens with zero attached hydrogens (tertiary/aromatic N) is 1. The van der Waals surface area contributed by atoms with Gasteiger partial charge in [-0.15, -0.1) is 0 Å². The van der Waals surface area contributed by atoms with E-state index < -0.39 is 0 Å². The molecule has 2 heteroatoms. The van der Waals surface area contributed by atoms with Crippen LogP contribution in [0.25, 0.3) is 0 Å². The summed E-state index contributed by atoms with van der Waals surface area (Å²) < 4.78 is 0. The van der Waals surface area contributed by atoms with E-state index in [9.17, 15) is 0 Å². The van der Waals surface area contributed by atoms with Gasteiger partial charge in [-0.3, -0.25) is 0 Å². The fraction of sp³-hybridized carbons (Fsp3) is 0.857. The lowest BCUT2D eigenvalue weighted by molar-refractivity contribution is 0.153.